The third-order valence-corrected chi connectivity index (χ3v) is 4.49. The van der Waals surface area contributed by atoms with Gasteiger partial charge in [-0.2, -0.15) is 0 Å². The summed E-state index contributed by atoms with van der Waals surface area (Å²) in [7, 11) is 2.39. The van der Waals surface area contributed by atoms with Gasteiger partial charge in [0.05, 0.1) is 5.67 Å². The van der Waals surface area contributed by atoms with Crippen molar-refractivity contribution < 1.29 is 8.85 Å². The fourth-order valence-corrected chi connectivity index (χ4v) is 3.64. The van der Waals surface area contributed by atoms with Gasteiger partial charge in [0.25, 0.3) is 0 Å². The molecule has 0 N–H and O–H groups in total. The van der Waals surface area contributed by atoms with Crippen LogP contribution in [0.2, 0.25) is 0 Å². The topological polar surface area (TPSA) is 21.7 Å². The molecule has 0 aromatic heterocycles. The minimum absolute atomic E-state index is 0.481. The van der Waals surface area contributed by atoms with E-state index < -0.39 is 9.28 Å². The first-order chi connectivity index (χ1) is 6.74. The zero-order chi connectivity index (χ0) is 11.0. The Morgan fingerprint density at radius 1 is 1.07 bits per heavy atom. The van der Waals surface area contributed by atoms with Crippen LogP contribution < -0.4 is 0 Å². The van der Waals surface area contributed by atoms with Gasteiger partial charge < -0.3 is 8.85 Å². The molecule has 14 heavy (non-hydrogen) atoms. The van der Waals surface area contributed by atoms with Gasteiger partial charge in [-0.05, 0) is 19.5 Å². The van der Waals surface area contributed by atoms with Crippen LogP contribution in [0, 0.1) is 0 Å². The van der Waals surface area contributed by atoms with Crippen LogP contribution in [0.4, 0.5) is 0 Å². The van der Waals surface area contributed by atoms with Crippen molar-refractivity contribution in [1.29, 1.82) is 0 Å². The van der Waals surface area contributed by atoms with Crippen molar-refractivity contribution in [2.75, 3.05) is 27.3 Å². The SMILES string of the molecule is CCCC(N(CC)CC)[Si](OC)OC. The maximum Gasteiger partial charge on any atom is 0.403 e. The third kappa shape index (κ3) is 4.08. The molecule has 0 heterocycles. The van der Waals surface area contributed by atoms with Crippen molar-refractivity contribution in [3.05, 3.63) is 0 Å². The third-order valence-electron chi connectivity index (χ3n) is 2.49. The molecule has 0 saturated heterocycles. The van der Waals surface area contributed by atoms with E-state index in [0.717, 1.165) is 19.5 Å². The molecule has 1 radical (unpaired) electrons. The van der Waals surface area contributed by atoms with Crippen molar-refractivity contribution in [2.24, 2.45) is 0 Å². The molecule has 0 bridgehead atoms. The van der Waals surface area contributed by atoms with E-state index in [1.165, 1.54) is 6.42 Å². The van der Waals surface area contributed by atoms with Crippen LogP contribution in [0.3, 0.4) is 0 Å². The van der Waals surface area contributed by atoms with Crippen LogP contribution in [0.1, 0.15) is 33.6 Å². The fraction of sp³-hybridized carbons (Fsp3) is 1.00. The summed E-state index contributed by atoms with van der Waals surface area (Å²) in [6, 6.07) is 0. The van der Waals surface area contributed by atoms with E-state index in [1.807, 2.05) is 0 Å². The van der Waals surface area contributed by atoms with Crippen LogP contribution in [0.25, 0.3) is 0 Å². The predicted octanol–water partition coefficient (Wildman–Crippen LogP) is 1.82. The zero-order valence-electron chi connectivity index (χ0n) is 10.2. The van der Waals surface area contributed by atoms with E-state index in [4.69, 9.17) is 8.85 Å². The maximum atomic E-state index is 5.44. The highest BCUT2D eigenvalue weighted by Crippen LogP contribution is 2.11. The van der Waals surface area contributed by atoms with Gasteiger partial charge in [-0.15, -0.1) is 0 Å². The lowest BCUT2D eigenvalue weighted by Crippen LogP contribution is -2.48. The van der Waals surface area contributed by atoms with Gasteiger partial charge in [-0.3, -0.25) is 4.90 Å². The highest BCUT2D eigenvalue weighted by Gasteiger charge is 2.29. The second-order valence-corrected chi connectivity index (χ2v) is 5.37. The summed E-state index contributed by atoms with van der Waals surface area (Å²) in [5, 5.41) is 0. The van der Waals surface area contributed by atoms with Crippen molar-refractivity contribution in [1.82, 2.24) is 4.90 Å². The summed E-state index contributed by atoms with van der Waals surface area (Å²) in [6.07, 6.45) is 2.35. The van der Waals surface area contributed by atoms with Crippen LogP contribution in [0.5, 0.6) is 0 Å². The first-order valence-electron chi connectivity index (χ1n) is 5.43. The molecule has 0 fully saturated rings. The zero-order valence-corrected chi connectivity index (χ0v) is 11.2. The summed E-state index contributed by atoms with van der Waals surface area (Å²) >= 11 is 0. The van der Waals surface area contributed by atoms with Gasteiger partial charge in [0.1, 0.15) is 0 Å². The van der Waals surface area contributed by atoms with E-state index in [9.17, 15) is 0 Å². The molecule has 4 heteroatoms. The van der Waals surface area contributed by atoms with E-state index in [-0.39, 0.29) is 0 Å². The van der Waals surface area contributed by atoms with E-state index in [1.54, 1.807) is 14.2 Å². The Bertz CT molecular complexity index is 115. The Labute approximate surface area is 90.2 Å². The van der Waals surface area contributed by atoms with Crippen LogP contribution in [-0.2, 0) is 8.85 Å². The molecule has 1 unspecified atom stereocenters. The summed E-state index contributed by atoms with van der Waals surface area (Å²) in [4.78, 5) is 2.44. The van der Waals surface area contributed by atoms with E-state index >= 15 is 0 Å². The van der Waals surface area contributed by atoms with Gasteiger partial charge in [0.15, 0.2) is 0 Å². The Hall–Kier alpha value is 0.0969. The van der Waals surface area contributed by atoms with Gasteiger partial charge in [-0.1, -0.05) is 27.2 Å². The molecule has 0 aromatic carbocycles. The molecular weight excluding hydrogens is 194 g/mol. The molecule has 0 amide bonds. The normalized spacial score (nSPS) is 13.9. The van der Waals surface area contributed by atoms with Crippen molar-refractivity contribution in [3.8, 4) is 0 Å². The summed E-state index contributed by atoms with van der Waals surface area (Å²) < 4.78 is 10.9. The smallest absolute Gasteiger partial charge is 0.396 e. The van der Waals surface area contributed by atoms with Crippen molar-refractivity contribution in [2.45, 2.75) is 39.3 Å². The average molecular weight is 218 g/mol. The summed E-state index contributed by atoms with van der Waals surface area (Å²) in [5.41, 5.74) is 0.481. The molecule has 0 aliphatic carbocycles. The van der Waals surface area contributed by atoms with E-state index in [0.29, 0.717) is 5.67 Å². The molecule has 0 aliphatic rings. The van der Waals surface area contributed by atoms with Crippen LogP contribution >= 0.6 is 0 Å². The average Bonchev–Trinajstić information content (AvgIpc) is 2.21. The second kappa shape index (κ2) is 8.41. The minimum Gasteiger partial charge on any atom is -0.396 e. The highest BCUT2D eigenvalue weighted by molar-refractivity contribution is 6.46. The first kappa shape index (κ1) is 14.1. The van der Waals surface area contributed by atoms with Crippen LogP contribution in [0.15, 0.2) is 0 Å². The number of rotatable bonds is 8. The Kier molecular flexibility index (Phi) is 8.47. The molecule has 0 spiro atoms. The Balaban J connectivity index is 4.36. The number of nitrogens with zero attached hydrogens (tertiary/aromatic N) is 1. The molecule has 1 atom stereocenters. The summed E-state index contributed by atoms with van der Waals surface area (Å²) in [6.45, 7) is 8.74. The van der Waals surface area contributed by atoms with Gasteiger partial charge >= 0.3 is 9.28 Å². The Morgan fingerprint density at radius 2 is 1.57 bits per heavy atom. The molecule has 85 valence electrons. The number of hydrogen-bond donors (Lipinski definition) is 0. The van der Waals surface area contributed by atoms with Gasteiger partial charge in [0.2, 0.25) is 0 Å². The van der Waals surface area contributed by atoms with Gasteiger partial charge in [0, 0.05) is 14.2 Å². The maximum absolute atomic E-state index is 5.44. The number of hydrogen-bond acceptors (Lipinski definition) is 3. The molecule has 0 aromatic rings. The first-order valence-corrected chi connectivity index (χ1v) is 6.83. The molecule has 0 aliphatic heterocycles. The Morgan fingerprint density at radius 3 is 1.86 bits per heavy atom. The quantitative estimate of drug-likeness (QED) is 0.580. The molecule has 0 rings (SSSR count). The molecule has 0 saturated carbocycles. The largest absolute Gasteiger partial charge is 0.403 e. The monoisotopic (exact) mass is 218 g/mol. The molecule has 3 nitrogen and oxygen atoms in total. The van der Waals surface area contributed by atoms with Crippen molar-refractivity contribution in [3.63, 3.8) is 0 Å². The van der Waals surface area contributed by atoms with E-state index in [2.05, 4.69) is 25.7 Å². The highest BCUT2D eigenvalue weighted by atomic mass is 28.3. The molecular formula is C10H24NO2Si. The fourth-order valence-electron chi connectivity index (χ4n) is 1.74. The summed E-state index contributed by atoms with van der Waals surface area (Å²) in [5.74, 6) is 0. The standard InChI is InChI=1S/C10H24NO2Si/c1-6-9-10(11(7-2)8-3)14(12-4)13-5/h10H,6-9H2,1-5H3. The lowest BCUT2D eigenvalue weighted by molar-refractivity contribution is 0.185. The van der Waals surface area contributed by atoms with Crippen LogP contribution in [-0.4, -0.2) is 47.2 Å². The lowest BCUT2D eigenvalue weighted by Gasteiger charge is -2.31. The second-order valence-electron chi connectivity index (χ2n) is 3.25. The van der Waals surface area contributed by atoms with Crippen molar-refractivity contribution >= 4 is 9.28 Å². The predicted molar refractivity (Wildman–Crippen MR) is 61.4 cm³/mol. The lowest BCUT2D eigenvalue weighted by atomic mass is 10.3. The minimum atomic E-state index is -1.12. The van der Waals surface area contributed by atoms with Gasteiger partial charge in [-0.25, -0.2) is 0 Å².